The van der Waals surface area contributed by atoms with Gasteiger partial charge in [0.05, 0.1) is 6.61 Å². The molecule has 1 aliphatic rings. The number of rotatable bonds is 6. The Morgan fingerprint density at radius 2 is 2.22 bits per heavy atom. The fourth-order valence-corrected chi connectivity index (χ4v) is 3.00. The van der Waals surface area contributed by atoms with E-state index in [9.17, 15) is 0 Å². The quantitative estimate of drug-likeness (QED) is 0.853. The highest BCUT2D eigenvalue weighted by molar-refractivity contribution is 7.98. The van der Waals surface area contributed by atoms with Crippen LogP contribution in [0.15, 0.2) is 18.2 Å². The molecule has 2 atom stereocenters. The minimum Gasteiger partial charge on any atom is -0.493 e. The van der Waals surface area contributed by atoms with E-state index in [4.69, 9.17) is 4.74 Å². The van der Waals surface area contributed by atoms with E-state index in [1.54, 1.807) is 0 Å². The van der Waals surface area contributed by atoms with Crippen LogP contribution < -0.4 is 10.1 Å². The Morgan fingerprint density at radius 3 is 3.00 bits per heavy atom. The Hall–Kier alpha value is -0.670. The number of fused-ring (bicyclic) bond motifs is 1. The Balaban J connectivity index is 1.90. The summed E-state index contributed by atoms with van der Waals surface area (Å²) in [5, 5.41) is 3.62. The molecule has 2 unspecified atom stereocenters. The number of ether oxygens (including phenoxy) is 1. The first-order valence-electron chi connectivity index (χ1n) is 6.68. The van der Waals surface area contributed by atoms with Crippen LogP contribution in [0.2, 0.25) is 0 Å². The summed E-state index contributed by atoms with van der Waals surface area (Å²) in [6.45, 7) is 6.46. The average Bonchev–Trinajstić information content (AvgIpc) is 2.83. The molecular formula is C15H23NOS. The summed E-state index contributed by atoms with van der Waals surface area (Å²) < 4.78 is 5.54. The zero-order valence-electron chi connectivity index (χ0n) is 11.5. The highest BCUT2D eigenvalue weighted by Crippen LogP contribution is 2.28. The molecule has 0 saturated heterocycles. The molecule has 0 amide bonds. The smallest absolute Gasteiger partial charge is 0.122 e. The molecule has 1 aliphatic heterocycles. The van der Waals surface area contributed by atoms with Crippen molar-refractivity contribution in [3.8, 4) is 5.75 Å². The van der Waals surface area contributed by atoms with Crippen molar-refractivity contribution in [3.63, 3.8) is 0 Å². The van der Waals surface area contributed by atoms with Crippen molar-refractivity contribution in [2.24, 2.45) is 5.92 Å². The van der Waals surface area contributed by atoms with Crippen molar-refractivity contribution in [1.29, 1.82) is 0 Å². The molecule has 1 heterocycles. The fourth-order valence-electron chi connectivity index (χ4n) is 2.32. The van der Waals surface area contributed by atoms with Crippen molar-refractivity contribution >= 4 is 11.8 Å². The van der Waals surface area contributed by atoms with E-state index in [1.807, 2.05) is 11.8 Å². The van der Waals surface area contributed by atoms with Crippen LogP contribution in [0.3, 0.4) is 0 Å². The van der Waals surface area contributed by atoms with Gasteiger partial charge >= 0.3 is 0 Å². The summed E-state index contributed by atoms with van der Waals surface area (Å²) in [7, 11) is 0. The molecule has 2 nitrogen and oxygen atoms in total. The Morgan fingerprint density at radius 1 is 1.39 bits per heavy atom. The number of hydrogen-bond donors (Lipinski definition) is 1. The summed E-state index contributed by atoms with van der Waals surface area (Å²) in [6, 6.07) is 7.00. The molecule has 100 valence electrons. The van der Waals surface area contributed by atoms with E-state index in [-0.39, 0.29) is 0 Å². The van der Waals surface area contributed by atoms with E-state index in [0.717, 1.165) is 31.2 Å². The molecule has 0 radical (unpaired) electrons. The molecule has 1 N–H and O–H groups in total. The minimum atomic E-state index is 0.417. The lowest BCUT2D eigenvalue weighted by Crippen LogP contribution is -2.25. The number of benzene rings is 1. The second-order valence-electron chi connectivity index (χ2n) is 5.16. The molecule has 18 heavy (non-hydrogen) atoms. The van der Waals surface area contributed by atoms with Gasteiger partial charge in [0.2, 0.25) is 0 Å². The summed E-state index contributed by atoms with van der Waals surface area (Å²) in [5.41, 5.74) is 2.73. The Bertz CT molecular complexity index is 394. The van der Waals surface area contributed by atoms with Crippen molar-refractivity contribution in [2.75, 3.05) is 25.2 Å². The molecular weight excluding hydrogens is 242 g/mol. The molecule has 3 heteroatoms. The Kier molecular flexibility index (Phi) is 4.95. The second kappa shape index (κ2) is 6.48. The van der Waals surface area contributed by atoms with Gasteiger partial charge in [-0.05, 0) is 48.6 Å². The van der Waals surface area contributed by atoms with Crippen LogP contribution in [0.5, 0.6) is 5.75 Å². The largest absolute Gasteiger partial charge is 0.493 e. The lowest BCUT2D eigenvalue weighted by Gasteiger charge is -2.18. The van der Waals surface area contributed by atoms with Crippen LogP contribution in [0.4, 0.5) is 0 Å². The maximum atomic E-state index is 5.54. The monoisotopic (exact) mass is 265 g/mol. The predicted molar refractivity (Wildman–Crippen MR) is 79.6 cm³/mol. The molecule has 0 spiro atoms. The maximum Gasteiger partial charge on any atom is 0.122 e. The van der Waals surface area contributed by atoms with Gasteiger partial charge in [-0.15, -0.1) is 0 Å². The van der Waals surface area contributed by atoms with Crippen molar-refractivity contribution in [1.82, 2.24) is 5.32 Å². The lowest BCUT2D eigenvalue weighted by molar-refractivity contribution is 0.356. The first-order valence-corrected chi connectivity index (χ1v) is 8.08. The molecule has 0 bridgehead atoms. The molecule has 0 aliphatic carbocycles. The summed E-state index contributed by atoms with van der Waals surface area (Å²) in [5.74, 6) is 3.01. The van der Waals surface area contributed by atoms with Crippen LogP contribution in [-0.4, -0.2) is 25.2 Å². The Labute approximate surface area is 114 Å². The highest BCUT2D eigenvalue weighted by atomic mass is 32.2. The second-order valence-corrected chi connectivity index (χ2v) is 6.07. The predicted octanol–water partition coefficient (Wildman–Crippen LogP) is 3.27. The first-order chi connectivity index (χ1) is 8.70. The molecule has 2 rings (SSSR count). The average molecular weight is 265 g/mol. The van der Waals surface area contributed by atoms with Gasteiger partial charge in [-0.3, -0.25) is 0 Å². The SMILES string of the molecule is CSCC(C)CNC(C)c1ccc2c(c1)CCO2. The van der Waals surface area contributed by atoms with Gasteiger partial charge in [-0.1, -0.05) is 19.1 Å². The van der Waals surface area contributed by atoms with Crippen LogP contribution in [0.1, 0.15) is 31.0 Å². The van der Waals surface area contributed by atoms with Gasteiger partial charge in [0.15, 0.2) is 0 Å². The van der Waals surface area contributed by atoms with Gasteiger partial charge in [0, 0.05) is 12.5 Å². The normalized spacial score (nSPS) is 17.1. The molecule has 0 saturated carbocycles. The summed E-state index contributed by atoms with van der Waals surface area (Å²) >= 11 is 1.92. The molecule has 0 aromatic heterocycles. The first kappa shape index (κ1) is 13.8. The molecule has 1 aromatic carbocycles. The van der Waals surface area contributed by atoms with Gasteiger partial charge in [-0.25, -0.2) is 0 Å². The van der Waals surface area contributed by atoms with Gasteiger partial charge in [0.25, 0.3) is 0 Å². The highest BCUT2D eigenvalue weighted by Gasteiger charge is 2.14. The molecule has 1 aromatic rings. The van der Waals surface area contributed by atoms with E-state index < -0.39 is 0 Å². The molecule has 0 fully saturated rings. The number of nitrogens with one attached hydrogen (secondary N) is 1. The summed E-state index contributed by atoms with van der Waals surface area (Å²) in [6.07, 6.45) is 3.22. The minimum absolute atomic E-state index is 0.417. The maximum absolute atomic E-state index is 5.54. The standard InChI is InChI=1S/C15H23NOS/c1-11(10-18-3)9-16-12(2)13-4-5-15-14(8-13)6-7-17-15/h4-5,8,11-12,16H,6-7,9-10H2,1-3H3. The van der Waals surface area contributed by atoms with Gasteiger partial charge in [0.1, 0.15) is 5.75 Å². The zero-order chi connectivity index (χ0) is 13.0. The van der Waals surface area contributed by atoms with E-state index in [0.29, 0.717) is 6.04 Å². The van der Waals surface area contributed by atoms with E-state index in [2.05, 4.69) is 43.6 Å². The zero-order valence-corrected chi connectivity index (χ0v) is 12.3. The van der Waals surface area contributed by atoms with Crippen LogP contribution >= 0.6 is 11.8 Å². The van der Waals surface area contributed by atoms with Crippen molar-refractivity contribution in [2.45, 2.75) is 26.3 Å². The van der Waals surface area contributed by atoms with Gasteiger partial charge < -0.3 is 10.1 Å². The lowest BCUT2D eigenvalue weighted by atomic mass is 10.0. The van der Waals surface area contributed by atoms with Crippen LogP contribution in [-0.2, 0) is 6.42 Å². The fraction of sp³-hybridized carbons (Fsp3) is 0.600. The van der Waals surface area contributed by atoms with Crippen molar-refractivity contribution < 1.29 is 4.74 Å². The third-order valence-electron chi connectivity index (χ3n) is 3.44. The van der Waals surface area contributed by atoms with E-state index >= 15 is 0 Å². The van der Waals surface area contributed by atoms with Crippen molar-refractivity contribution in [3.05, 3.63) is 29.3 Å². The van der Waals surface area contributed by atoms with E-state index in [1.165, 1.54) is 16.9 Å². The van der Waals surface area contributed by atoms with Gasteiger partial charge in [-0.2, -0.15) is 11.8 Å². The summed E-state index contributed by atoms with van der Waals surface area (Å²) in [4.78, 5) is 0. The number of thioether (sulfide) groups is 1. The third-order valence-corrected chi connectivity index (χ3v) is 4.34. The topological polar surface area (TPSA) is 21.3 Å². The third kappa shape index (κ3) is 3.42. The van der Waals surface area contributed by atoms with Crippen LogP contribution in [0, 0.1) is 5.92 Å². The van der Waals surface area contributed by atoms with Crippen LogP contribution in [0.25, 0.3) is 0 Å². The number of hydrogen-bond acceptors (Lipinski definition) is 3.